The first-order valence-electron chi connectivity index (χ1n) is 7.90. The molecule has 1 amide bonds. The summed E-state index contributed by atoms with van der Waals surface area (Å²) in [7, 11) is 0. The fourth-order valence-corrected chi connectivity index (χ4v) is 3.08. The summed E-state index contributed by atoms with van der Waals surface area (Å²) < 4.78 is 0. The second-order valence-electron chi connectivity index (χ2n) is 5.71. The summed E-state index contributed by atoms with van der Waals surface area (Å²) in [5.41, 5.74) is 2.34. The fraction of sp³-hybridized carbons (Fsp3) is 0.529. The Hall–Kier alpha value is -1.42. The van der Waals surface area contributed by atoms with Gasteiger partial charge in [-0.15, -0.1) is 0 Å². The molecule has 2 N–H and O–H groups in total. The Kier molecular flexibility index (Phi) is 6.18. The van der Waals surface area contributed by atoms with Gasteiger partial charge in [0.15, 0.2) is 5.11 Å². The summed E-state index contributed by atoms with van der Waals surface area (Å²) in [6.07, 6.45) is 8.00. The van der Waals surface area contributed by atoms with Crippen molar-refractivity contribution in [1.29, 1.82) is 0 Å². The highest BCUT2D eigenvalue weighted by Gasteiger charge is 2.15. The molecular formula is C17H24N2OS. The molecule has 0 bridgehead atoms. The van der Waals surface area contributed by atoms with Gasteiger partial charge < -0.3 is 10.6 Å². The zero-order chi connectivity index (χ0) is 15.1. The number of carbonyl (C=O) groups is 1. The molecular weight excluding hydrogens is 280 g/mol. The van der Waals surface area contributed by atoms with Gasteiger partial charge in [-0.2, -0.15) is 0 Å². The van der Waals surface area contributed by atoms with Crippen molar-refractivity contribution in [2.24, 2.45) is 0 Å². The highest BCUT2D eigenvalue weighted by molar-refractivity contribution is 7.80. The van der Waals surface area contributed by atoms with Gasteiger partial charge in [-0.1, -0.05) is 38.3 Å². The summed E-state index contributed by atoms with van der Waals surface area (Å²) in [4.78, 5) is 11.5. The monoisotopic (exact) mass is 304 g/mol. The molecule has 0 atom stereocenters. The number of hydrogen-bond acceptors (Lipinski definition) is 2. The van der Waals surface area contributed by atoms with E-state index in [-0.39, 0.29) is 5.91 Å². The molecule has 0 spiro atoms. The van der Waals surface area contributed by atoms with Crippen LogP contribution in [0.5, 0.6) is 0 Å². The van der Waals surface area contributed by atoms with Gasteiger partial charge in [0.25, 0.3) is 0 Å². The number of thiocarbonyl (C=S) groups is 1. The molecule has 0 unspecified atom stereocenters. The average Bonchev–Trinajstić information content (AvgIpc) is 2.49. The lowest BCUT2D eigenvalue weighted by atomic mass is 9.84. The van der Waals surface area contributed by atoms with E-state index in [0.717, 1.165) is 12.1 Å². The molecule has 1 aliphatic rings. The second-order valence-corrected chi connectivity index (χ2v) is 6.12. The zero-order valence-corrected chi connectivity index (χ0v) is 13.5. The molecule has 1 aromatic rings. The lowest BCUT2D eigenvalue weighted by Gasteiger charge is -2.22. The molecule has 4 heteroatoms. The highest BCUT2D eigenvalue weighted by Crippen LogP contribution is 2.32. The van der Waals surface area contributed by atoms with Crippen LogP contribution in [-0.4, -0.2) is 11.0 Å². The number of carbonyl (C=O) groups excluding carboxylic acids is 1. The SMILES string of the molecule is CCCC(=O)NC(=S)Nc1ccc(C2CCCCC2)cc1. The first kappa shape index (κ1) is 16.0. The molecule has 0 heterocycles. The highest BCUT2D eigenvalue weighted by atomic mass is 32.1. The van der Waals surface area contributed by atoms with E-state index in [0.29, 0.717) is 17.5 Å². The predicted molar refractivity (Wildman–Crippen MR) is 91.5 cm³/mol. The van der Waals surface area contributed by atoms with Crippen molar-refractivity contribution in [3.8, 4) is 0 Å². The first-order chi connectivity index (χ1) is 10.2. The van der Waals surface area contributed by atoms with Gasteiger partial charge in [0.2, 0.25) is 5.91 Å². The Morgan fingerprint density at radius 3 is 2.48 bits per heavy atom. The summed E-state index contributed by atoms with van der Waals surface area (Å²) in [6.45, 7) is 1.97. The van der Waals surface area contributed by atoms with Crippen LogP contribution in [0.15, 0.2) is 24.3 Å². The quantitative estimate of drug-likeness (QED) is 0.813. The van der Waals surface area contributed by atoms with E-state index in [1.807, 2.05) is 19.1 Å². The third-order valence-corrected chi connectivity index (χ3v) is 4.18. The van der Waals surface area contributed by atoms with Gasteiger partial charge in [0.05, 0.1) is 0 Å². The number of anilines is 1. The molecule has 0 aromatic heterocycles. The second kappa shape index (κ2) is 8.13. The van der Waals surface area contributed by atoms with Crippen molar-refractivity contribution in [1.82, 2.24) is 5.32 Å². The molecule has 0 saturated heterocycles. The number of hydrogen-bond donors (Lipinski definition) is 2. The largest absolute Gasteiger partial charge is 0.332 e. The van der Waals surface area contributed by atoms with Gasteiger partial charge in [-0.3, -0.25) is 4.79 Å². The van der Waals surface area contributed by atoms with Crippen LogP contribution in [0, 0.1) is 0 Å². The third-order valence-electron chi connectivity index (χ3n) is 3.98. The zero-order valence-electron chi connectivity index (χ0n) is 12.7. The van der Waals surface area contributed by atoms with Crippen LogP contribution in [0.2, 0.25) is 0 Å². The number of amides is 1. The van der Waals surface area contributed by atoms with Crippen LogP contribution in [0.1, 0.15) is 63.4 Å². The Morgan fingerprint density at radius 1 is 1.19 bits per heavy atom. The fourth-order valence-electron chi connectivity index (χ4n) is 2.85. The normalized spacial score (nSPS) is 15.5. The van der Waals surface area contributed by atoms with Crippen LogP contribution in [0.3, 0.4) is 0 Å². The van der Waals surface area contributed by atoms with Crippen molar-refractivity contribution in [3.05, 3.63) is 29.8 Å². The number of nitrogens with one attached hydrogen (secondary N) is 2. The van der Waals surface area contributed by atoms with E-state index in [4.69, 9.17) is 12.2 Å². The number of rotatable bonds is 4. The Labute approximate surface area is 132 Å². The van der Waals surface area contributed by atoms with E-state index in [9.17, 15) is 4.79 Å². The van der Waals surface area contributed by atoms with E-state index in [1.165, 1.54) is 37.7 Å². The van der Waals surface area contributed by atoms with Gasteiger partial charge in [0, 0.05) is 12.1 Å². The minimum absolute atomic E-state index is 0.0335. The van der Waals surface area contributed by atoms with Crippen LogP contribution < -0.4 is 10.6 Å². The van der Waals surface area contributed by atoms with Crippen molar-refractivity contribution < 1.29 is 4.79 Å². The van der Waals surface area contributed by atoms with Gasteiger partial charge in [-0.25, -0.2) is 0 Å². The summed E-state index contributed by atoms with van der Waals surface area (Å²) in [5, 5.41) is 6.12. The Morgan fingerprint density at radius 2 is 1.86 bits per heavy atom. The van der Waals surface area contributed by atoms with E-state index in [2.05, 4.69) is 22.8 Å². The van der Waals surface area contributed by atoms with E-state index < -0.39 is 0 Å². The van der Waals surface area contributed by atoms with Crippen LogP contribution in [0.4, 0.5) is 5.69 Å². The first-order valence-corrected chi connectivity index (χ1v) is 8.30. The molecule has 1 fully saturated rings. The molecule has 1 aromatic carbocycles. The van der Waals surface area contributed by atoms with Gasteiger partial charge in [-0.05, 0) is 55.1 Å². The standard InChI is InChI=1S/C17H24N2OS/c1-2-6-16(20)19-17(21)18-15-11-9-14(10-12-15)13-7-4-3-5-8-13/h9-13H,2-8H2,1H3,(H2,18,19,20,21). The molecule has 2 rings (SSSR count). The van der Waals surface area contributed by atoms with Gasteiger partial charge >= 0.3 is 0 Å². The van der Waals surface area contributed by atoms with Crippen molar-refractivity contribution in [3.63, 3.8) is 0 Å². The molecule has 0 aliphatic heterocycles. The molecule has 21 heavy (non-hydrogen) atoms. The van der Waals surface area contributed by atoms with E-state index in [1.54, 1.807) is 0 Å². The Bertz CT molecular complexity index is 478. The number of benzene rings is 1. The predicted octanol–water partition coefficient (Wildman–Crippen LogP) is 4.35. The minimum Gasteiger partial charge on any atom is -0.332 e. The Balaban J connectivity index is 1.87. The van der Waals surface area contributed by atoms with Gasteiger partial charge in [0.1, 0.15) is 0 Å². The van der Waals surface area contributed by atoms with E-state index >= 15 is 0 Å². The summed E-state index contributed by atoms with van der Waals surface area (Å²) in [6, 6.07) is 8.44. The molecule has 1 aliphatic carbocycles. The topological polar surface area (TPSA) is 41.1 Å². The lowest BCUT2D eigenvalue weighted by Crippen LogP contribution is -2.33. The molecule has 1 saturated carbocycles. The van der Waals surface area contributed by atoms with Crippen molar-refractivity contribution in [2.45, 2.75) is 57.8 Å². The smallest absolute Gasteiger partial charge is 0.226 e. The maximum Gasteiger partial charge on any atom is 0.226 e. The lowest BCUT2D eigenvalue weighted by molar-refractivity contribution is -0.119. The maximum atomic E-state index is 11.5. The van der Waals surface area contributed by atoms with Crippen LogP contribution in [0.25, 0.3) is 0 Å². The third kappa shape index (κ3) is 5.12. The molecule has 0 radical (unpaired) electrons. The van der Waals surface area contributed by atoms with Crippen molar-refractivity contribution >= 4 is 28.9 Å². The molecule has 3 nitrogen and oxygen atoms in total. The van der Waals surface area contributed by atoms with Crippen LogP contribution >= 0.6 is 12.2 Å². The summed E-state index contributed by atoms with van der Waals surface area (Å²) >= 11 is 5.14. The molecule has 114 valence electrons. The maximum absolute atomic E-state index is 11.5. The minimum atomic E-state index is -0.0335. The summed E-state index contributed by atoms with van der Waals surface area (Å²) in [5.74, 6) is 0.679. The van der Waals surface area contributed by atoms with Crippen molar-refractivity contribution in [2.75, 3.05) is 5.32 Å². The van der Waals surface area contributed by atoms with Crippen LogP contribution in [-0.2, 0) is 4.79 Å². The average molecular weight is 304 g/mol.